The Morgan fingerprint density at radius 2 is 2.07 bits per heavy atom. The summed E-state index contributed by atoms with van der Waals surface area (Å²) >= 11 is 1.62. The van der Waals surface area contributed by atoms with Crippen molar-refractivity contribution in [1.29, 1.82) is 0 Å². The van der Waals surface area contributed by atoms with E-state index in [4.69, 9.17) is 4.74 Å². The number of hydrogen-bond donors (Lipinski definition) is 2. The lowest BCUT2D eigenvalue weighted by Crippen LogP contribution is -2.40. The molecule has 0 saturated carbocycles. The molecule has 0 radical (unpaired) electrons. The molecule has 0 aliphatic carbocycles. The third-order valence-corrected chi connectivity index (χ3v) is 6.97. The monoisotopic (exact) mass is 423 g/mol. The molecule has 30 heavy (non-hydrogen) atoms. The molecule has 1 aliphatic rings. The van der Waals surface area contributed by atoms with E-state index in [1.807, 2.05) is 18.2 Å². The molecule has 0 unspecified atom stereocenters. The highest BCUT2D eigenvalue weighted by molar-refractivity contribution is 7.99. The minimum atomic E-state index is -0.0530. The number of aromatic amines is 1. The molecule has 1 atom stereocenters. The van der Waals surface area contributed by atoms with Gasteiger partial charge in [-0.2, -0.15) is 0 Å². The fraction of sp³-hybridized carbons (Fsp3) is 0.375. The van der Waals surface area contributed by atoms with Gasteiger partial charge in [0, 0.05) is 28.9 Å². The number of H-pyrrole nitrogens is 1. The molecule has 1 amide bonds. The van der Waals surface area contributed by atoms with Gasteiger partial charge in [-0.1, -0.05) is 36.4 Å². The minimum Gasteiger partial charge on any atom is -0.497 e. The average molecular weight is 424 g/mol. The van der Waals surface area contributed by atoms with Crippen LogP contribution in [0.5, 0.6) is 5.75 Å². The first-order valence-corrected chi connectivity index (χ1v) is 11.4. The first kappa shape index (κ1) is 20.8. The summed E-state index contributed by atoms with van der Waals surface area (Å²) in [6.45, 7) is 7.09. The molecule has 2 N–H and O–H groups in total. The molecule has 6 heteroatoms. The largest absolute Gasteiger partial charge is 0.497 e. The van der Waals surface area contributed by atoms with Crippen molar-refractivity contribution in [3.63, 3.8) is 0 Å². The van der Waals surface area contributed by atoms with Gasteiger partial charge in [-0.05, 0) is 57.1 Å². The maximum atomic E-state index is 13.2. The van der Waals surface area contributed by atoms with E-state index in [-0.39, 0.29) is 5.91 Å². The topological polar surface area (TPSA) is 57.4 Å². The Hall–Kier alpha value is -2.44. The number of likely N-dealkylation sites (tertiary alicyclic amines) is 1. The molecule has 2 heterocycles. The Morgan fingerprint density at radius 1 is 1.27 bits per heavy atom. The predicted molar refractivity (Wildman–Crippen MR) is 123 cm³/mol. The average Bonchev–Trinajstić information content (AvgIpc) is 3.37. The Morgan fingerprint density at radius 3 is 2.80 bits per heavy atom. The number of amides is 1. The van der Waals surface area contributed by atoms with Crippen LogP contribution in [-0.2, 0) is 0 Å². The number of benzene rings is 2. The van der Waals surface area contributed by atoms with Gasteiger partial charge in [-0.3, -0.25) is 9.69 Å². The molecule has 1 aromatic heterocycles. The van der Waals surface area contributed by atoms with Gasteiger partial charge >= 0.3 is 0 Å². The Bertz CT molecular complexity index is 1030. The molecule has 1 fully saturated rings. The van der Waals surface area contributed by atoms with Crippen LogP contribution in [0, 0.1) is 6.92 Å². The van der Waals surface area contributed by atoms with E-state index in [0.29, 0.717) is 18.3 Å². The highest BCUT2D eigenvalue weighted by Gasteiger charge is 2.25. The van der Waals surface area contributed by atoms with Crippen molar-refractivity contribution in [2.45, 2.75) is 42.5 Å². The van der Waals surface area contributed by atoms with E-state index in [9.17, 15) is 4.79 Å². The van der Waals surface area contributed by atoms with Crippen LogP contribution in [0.3, 0.4) is 0 Å². The standard InChI is InChI=1S/C24H29N3O2S/c1-4-27-13-5-6-17(27)15-25-24(28)22-23(30-19-10-7-16(2)8-11-19)20-12-9-18(29-3)14-21(20)26-22/h7-12,14,17,26H,4-6,13,15H2,1-3H3,(H,25,28)/t17-/m0/s1. The SMILES string of the molecule is CCN1CCC[C@H]1CNC(=O)c1[nH]c2cc(OC)ccc2c1Sc1ccc(C)cc1. The van der Waals surface area contributed by atoms with Crippen LogP contribution >= 0.6 is 11.8 Å². The third-order valence-electron chi connectivity index (χ3n) is 5.83. The number of carbonyl (C=O) groups is 1. The maximum Gasteiger partial charge on any atom is 0.268 e. The van der Waals surface area contributed by atoms with Crippen LogP contribution in [0.25, 0.3) is 10.9 Å². The molecule has 2 aromatic carbocycles. The second kappa shape index (κ2) is 9.14. The third kappa shape index (κ3) is 4.35. The van der Waals surface area contributed by atoms with E-state index in [1.54, 1.807) is 18.9 Å². The summed E-state index contributed by atoms with van der Waals surface area (Å²) < 4.78 is 5.37. The van der Waals surface area contributed by atoms with E-state index >= 15 is 0 Å². The predicted octanol–water partition coefficient (Wildman–Crippen LogP) is 4.85. The van der Waals surface area contributed by atoms with Crippen molar-refractivity contribution in [3.05, 3.63) is 53.7 Å². The number of nitrogens with zero attached hydrogens (tertiary/aromatic N) is 1. The summed E-state index contributed by atoms with van der Waals surface area (Å²) in [5, 5.41) is 4.20. The van der Waals surface area contributed by atoms with Crippen LogP contribution in [0.1, 0.15) is 35.8 Å². The Balaban J connectivity index is 1.63. The zero-order valence-electron chi connectivity index (χ0n) is 17.8. The number of aromatic nitrogens is 1. The first-order chi connectivity index (χ1) is 14.6. The number of aryl methyl sites for hydroxylation is 1. The van der Waals surface area contributed by atoms with E-state index < -0.39 is 0 Å². The van der Waals surface area contributed by atoms with Gasteiger partial charge in [0.1, 0.15) is 11.4 Å². The van der Waals surface area contributed by atoms with E-state index in [2.05, 4.69) is 53.3 Å². The van der Waals surface area contributed by atoms with Gasteiger partial charge in [0.25, 0.3) is 5.91 Å². The van der Waals surface area contributed by atoms with Gasteiger partial charge in [-0.25, -0.2) is 0 Å². The second-order valence-electron chi connectivity index (χ2n) is 7.79. The maximum absolute atomic E-state index is 13.2. The molecule has 5 nitrogen and oxygen atoms in total. The second-order valence-corrected chi connectivity index (χ2v) is 8.87. The zero-order valence-corrected chi connectivity index (χ0v) is 18.6. The summed E-state index contributed by atoms with van der Waals surface area (Å²) in [5.41, 5.74) is 2.74. The lowest BCUT2D eigenvalue weighted by Gasteiger charge is -2.22. The minimum absolute atomic E-state index is 0.0530. The normalized spacial score (nSPS) is 16.8. The summed E-state index contributed by atoms with van der Waals surface area (Å²) in [7, 11) is 1.65. The van der Waals surface area contributed by atoms with Gasteiger partial charge in [0.2, 0.25) is 0 Å². The Kier molecular flexibility index (Phi) is 6.35. The smallest absolute Gasteiger partial charge is 0.268 e. The summed E-state index contributed by atoms with van der Waals surface area (Å²) in [5.74, 6) is 0.717. The van der Waals surface area contributed by atoms with Crippen molar-refractivity contribution >= 4 is 28.6 Å². The molecule has 1 aliphatic heterocycles. The zero-order chi connectivity index (χ0) is 21.1. The van der Waals surface area contributed by atoms with Gasteiger partial charge in [0.05, 0.1) is 17.5 Å². The van der Waals surface area contributed by atoms with Crippen molar-refractivity contribution in [2.75, 3.05) is 26.7 Å². The van der Waals surface area contributed by atoms with Crippen LogP contribution in [0.15, 0.2) is 52.3 Å². The number of rotatable bonds is 7. The quantitative estimate of drug-likeness (QED) is 0.570. The highest BCUT2D eigenvalue weighted by atomic mass is 32.2. The number of hydrogen-bond acceptors (Lipinski definition) is 4. The van der Waals surface area contributed by atoms with Gasteiger partial charge < -0.3 is 15.0 Å². The molecule has 0 bridgehead atoms. The Labute approximate surface area is 182 Å². The van der Waals surface area contributed by atoms with Crippen molar-refractivity contribution in [2.24, 2.45) is 0 Å². The summed E-state index contributed by atoms with van der Waals surface area (Å²) in [6, 6.07) is 14.7. The lowest BCUT2D eigenvalue weighted by atomic mass is 10.2. The number of methoxy groups -OCH3 is 1. The highest BCUT2D eigenvalue weighted by Crippen LogP contribution is 2.38. The fourth-order valence-electron chi connectivity index (χ4n) is 4.11. The van der Waals surface area contributed by atoms with Crippen LogP contribution in [0.2, 0.25) is 0 Å². The fourth-order valence-corrected chi connectivity index (χ4v) is 5.15. The van der Waals surface area contributed by atoms with E-state index in [1.165, 1.54) is 12.0 Å². The molecular formula is C24H29N3O2S. The molecule has 158 valence electrons. The molecule has 3 aromatic rings. The number of carbonyl (C=O) groups excluding carboxylic acids is 1. The first-order valence-electron chi connectivity index (χ1n) is 10.6. The van der Waals surface area contributed by atoms with Crippen molar-refractivity contribution in [3.8, 4) is 5.75 Å². The van der Waals surface area contributed by atoms with Crippen molar-refractivity contribution < 1.29 is 9.53 Å². The van der Waals surface area contributed by atoms with Gasteiger partial charge in [0.15, 0.2) is 0 Å². The molecular weight excluding hydrogens is 394 g/mol. The van der Waals surface area contributed by atoms with Crippen molar-refractivity contribution in [1.82, 2.24) is 15.2 Å². The van der Waals surface area contributed by atoms with Gasteiger partial charge in [-0.15, -0.1) is 0 Å². The van der Waals surface area contributed by atoms with Crippen LogP contribution < -0.4 is 10.1 Å². The van der Waals surface area contributed by atoms with Crippen LogP contribution in [0.4, 0.5) is 0 Å². The summed E-state index contributed by atoms with van der Waals surface area (Å²) in [6.07, 6.45) is 2.35. The molecule has 4 rings (SSSR count). The molecule has 0 spiro atoms. The number of nitrogens with one attached hydrogen (secondary N) is 2. The lowest BCUT2D eigenvalue weighted by molar-refractivity contribution is 0.0934. The number of ether oxygens (including phenoxy) is 1. The number of fused-ring (bicyclic) bond motifs is 1. The van der Waals surface area contributed by atoms with Crippen LogP contribution in [-0.4, -0.2) is 48.6 Å². The summed E-state index contributed by atoms with van der Waals surface area (Å²) in [4.78, 5) is 21.0. The molecule has 1 saturated heterocycles. The number of likely N-dealkylation sites (N-methyl/N-ethyl adjacent to an activating group) is 1. The van der Waals surface area contributed by atoms with E-state index in [0.717, 1.165) is 46.0 Å².